The van der Waals surface area contributed by atoms with Gasteiger partial charge in [0.05, 0.1) is 0 Å². The molecule has 0 saturated carbocycles. The van der Waals surface area contributed by atoms with E-state index in [0.717, 1.165) is 25.3 Å². The number of nitrogens with zero attached hydrogens (tertiary/aromatic N) is 1. The first-order chi connectivity index (χ1) is 10.4. The summed E-state index contributed by atoms with van der Waals surface area (Å²) in [4.78, 5) is 14.1. The Hall–Kier alpha value is -1.47. The maximum Gasteiger partial charge on any atom is 0.573 e. The summed E-state index contributed by atoms with van der Waals surface area (Å²) in [6.07, 6.45) is -2.01. The lowest BCUT2D eigenvalue weighted by Crippen LogP contribution is -2.40. The van der Waals surface area contributed by atoms with E-state index in [0.29, 0.717) is 25.6 Å². The zero-order valence-electron chi connectivity index (χ0n) is 12.5. The summed E-state index contributed by atoms with van der Waals surface area (Å²) in [7, 11) is 0. The Bertz CT molecular complexity index is 524. The predicted octanol–water partition coefficient (Wildman–Crippen LogP) is 3.21. The minimum absolute atomic E-state index is 0. The molecule has 0 aliphatic carbocycles. The van der Waals surface area contributed by atoms with Crippen LogP contribution in [0.2, 0.25) is 0 Å². The lowest BCUT2D eigenvalue weighted by atomic mass is 9.94. The minimum atomic E-state index is -4.76. The smallest absolute Gasteiger partial charge is 0.406 e. The SMILES string of the molecule is Cl.NCCC1CCCN(C(=O)c2cccc(OC(F)(F)F)c2)C1. The first kappa shape index (κ1) is 19.6. The Kier molecular flexibility index (Phi) is 7.15. The molecule has 2 rings (SSSR count). The van der Waals surface area contributed by atoms with Gasteiger partial charge in [-0.25, -0.2) is 0 Å². The molecule has 1 atom stereocenters. The van der Waals surface area contributed by atoms with Crippen molar-refractivity contribution in [2.75, 3.05) is 19.6 Å². The van der Waals surface area contributed by atoms with Crippen LogP contribution >= 0.6 is 12.4 Å². The molecule has 4 nitrogen and oxygen atoms in total. The van der Waals surface area contributed by atoms with E-state index in [9.17, 15) is 18.0 Å². The summed E-state index contributed by atoms with van der Waals surface area (Å²) in [5.74, 6) is -0.291. The molecule has 2 N–H and O–H groups in total. The van der Waals surface area contributed by atoms with Crippen LogP contribution in [0.25, 0.3) is 0 Å². The molecule has 8 heteroatoms. The molecule has 23 heavy (non-hydrogen) atoms. The van der Waals surface area contributed by atoms with E-state index in [4.69, 9.17) is 5.73 Å². The van der Waals surface area contributed by atoms with Crippen molar-refractivity contribution in [1.29, 1.82) is 0 Å². The second-order valence-electron chi connectivity index (χ2n) is 5.41. The van der Waals surface area contributed by atoms with Crippen LogP contribution in [0.5, 0.6) is 5.75 Å². The standard InChI is InChI=1S/C15H19F3N2O2.ClH/c16-15(17,18)22-13-5-1-4-12(9-13)14(21)20-8-2-3-11(10-20)6-7-19;/h1,4-5,9,11H,2-3,6-8,10,19H2;1H. The predicted molar refractivity (Wildman–Crippen MR) is 82.7 cm³/mol. The molecular weight excluding hydrogens is 333 g/mol. The zero-order chi connectivity index (χ0) is 16.2. The summed E-state index contributed by atoms with van der Waals surface area (Å²) in [6, 6.07) is 5.19. The number of ether oxygens (including phenoxy) is 1. The van der Waals surface area contributed by atoms with E-state index in [2.05, 4.69) is 4.74 Å². The molecule has 130 valence electrons. The van der Waals surface area contributed by atoms with Gasteiger partial charge in [0.1, 0.15) is 5.75 Å². The number of amides is 1. The van der Waals surface area contributed by atoms with Crippen LogP contribution in [-0.4, -0.2) is 36.8 Å². The van der Waals surface area contributed by atoms with E-state index in [1.807, 2.05) is 0 Å². The number of likely N-dealkylation sites (tertiary alicyclic amines) is 1. The molecule has 1 heterocycles. The third-order valence-electron chi connectivity index (χ3n) is 3.70. The van der Waals surface area contributed by atoms with Crippen LogP contribution < -0.4 is 10.5 Å². The third-order valence-corrected chi connectivity index (χ3v) is 3.70. The molecule has 0 bridgehead atoms. The molecule has 1 aliphatic heterocycles. The van der Waals surface area contributed by atoms with Crippen molar-refractivity contribution in [2.24, 2.45) is 11.7 Å². The summed E-state index contributed by atoms with van der Waals surface area (Å²) in [5.41, 5.74) is 5.75. The van der Waals surface area contributed by atoms with Gasteiger partial charge >= 0.3 is 6.36 Å². The number of hydrogen-bond donors (Lipinski definition) is 1. The quantitative estimate of drug-likeness (QED) is 0.905. The number of alkyl halides is 3. The van der Waals surface area contributed by atoms with Crippen molar-refractivity contribution in [3.63, 3.8) is 0 Å². The van der Waals surface area contributed by atoms with Crippen molar-refractivity contribution < 1.29 is 22.7 Å². The second-order valence-corrected chi connectivity index (χ2v) is 5.41. The molecule has 1 amide bonds. The van der Waals surface area contributed by atoms with Crippen LogP contribution in [0.1, 0.15) is 29.6 Å². The van der Waals surface area contributed by atoms with Crippen molar-refractivity contribution >= 4 is 18.3 Å². The molecule has 0 aromatic heterocycles. The number of carbonyl (C=O) groups is 1. The lowest BCUT2D eigenvalue weighted by Gasteiger charge is -2.32. The maximum atomic E-state index is 12.4. The highest BCUT2D eigenvalue weighted by molar-refractivity contribution is 5.94. The first-order valence-corrected chi connectivity index (χ1v) is 7.24. The highest BCUT2D eigenvalue weighted by atomic mass is 35.5. The Morgan fingerprint density at radius 1 is 1.39 bits per heavy atom. The summed E-state index contributed by atoms with van der Waals surface area (Å²) < 4.78 is 40.6. The van der Waals surface area contributed by atoms with Crippen LogP contribution in [0.15, 0.2) is 24.3 Å². The van der Waals surface area contributed by atoms with Gasteiger partial charge in [-0.15, -0.1) is 25.6 Å². The van der Waals surface area contributed by atoms with E-state index < -0.39 is 6.36 Å². The minimum Gasteiger partial charge on any atom is -0.406 e. The fourth-order valence-electron chi connectivity index (χ4n) is 2.73. The number of halogens is 4. The van der Waals surface area contributed by atoms with Crippen LogP contribution in [0, 0.1) is 5.92 Å². The largest absolute Gasteiger partial charge is 0.573 e. The summed E-state index contributed by atoms with van der Waals surface area (Å²) in [5, 5.41) is 0. The topological polar surface area (TPSA) is 55.6 Å². The fraction of sp³-hybridized carbons (Fsp3) is 0.533. The van der Waals surface area contributed by atoms with E-state index >= 15 is 0 Å². The van der Waals surface area contributed by atoms with Gasteiger partial charge in [-0.3, -0.25) is 4.79 Å². The monoisotopic (exact) mass is 352 g/mol. The van der Waals surface area contributed by atoms with Crippen molar-refractivity contribution in [2.45, 2.75) is 25.6 Å². The van der Waals surface area contributed by atoms with E-state index in [1.54, 1.807) is 4.90 Å². The fourth-order valence-corrected chi connectivity index (χ4v) is 2.73. The van der Waals surface area contributed by atoms with Crippen LogP contribution in [0.3, 0.4) is 0 Å². The molecular formula is C15H20ClF3N2O2. The number of benzene rings is 1. The molecule has 1 aromatic rings. The van der Waals surface area contributed by atoms with Crippen LogP contribution in [0.4, 0.5) is 13.2 Å². The number of rotatable bonds is 4. The van der Waals surface area contributed by atoms with Crippen molar-refractivity contribution in [3.8, 4) is 5.75 Å². The van der Waals surface area contributed by atoms with Crippen LogP contribution in [-0.2, 0) is 0 Å². The first-order valence-electron chi connectivity index (χ1n) is 7.24. The molecule has 0 spiro atoms. The van der Waals surface area contributed by atoms with Gasteiger partial charge in [-0.1, -0.05) is 6.07 Å². The Labute approximate surface area is 139 Å². The zero-order valence-corrected chi connectivity index (χ0v) is 13.3. The molecule has 1 aromatic carbocycles. The molecule has 1 aliphatic rings. The third kappa shape index (κ3) is 5.91. The number of carbonyl (C=O) groups excluding carboxylic acids is 1. The van der Waals surface area contributed by atoms with Gasteiger partial charge in [-0.05, 0) is 49.9 Å². The maximum absolute atomic E-state index is 12.4. The second kappa shape index (κ2) is 8.40. The molecule has 0 radical (unpaired) electrons. The van der Waals surface area contributed by atoms with E-state index in [-0.39, 0.29) is 29.6 Å². The Morgan fingerprint density at radius 3 is 2.78 bits per heavy atom. The van der Waals surface area contributed by atoms with Gasteiger partial charge in [0.15, 0.2) is 0 Å². The molecule has 1 fully saturated rings. The van der Waals surface area contributed by atoms with Gasteiger partial charge in [0.2, 0.25) is 0 Å². The highest BCUT2D eigenvalue weighted by Gasteiger charge is 2.31. The highest BCUT2D eigenvalue weighted by Crippen LogP contribution is 2.25. The van der Waals surface area contributed by atoms with Gasteiger partial charge in [-0.2, -0.15) is 0 Å². The van der Waals surface area contributed by atoms with Gasteiger partial charge in [0, 0.05) is 18.7 Å². The molecule has 1 saturated heterocycles. The average Bonchev–Trinajstić information content (AvgIpc) is 2.46. The summed E-state index contributed by atoms with van der Waals surface area (Å²) >= 11 is 0. The summed E-state index contributed by atoms with van der Waals surface area (Å²) in [6.45, 7) is 1.78. The van der Waals surface area contributed by atoms with Crippen molar-refractivity contribution in [1.82, 2.24) is 4.90 Å². The number of piperidine rings is 1. The lowest BCUT2D eigenvalue weighted by molar-refractivity contribution is -0.274. The van der Waals surface area contributed by atoms with Gasteiger partial charge in [0.25, 0.3) is 5.91 Å². The van der Waals surface area contributed by atoms with E-state index in [1.165, 1.54) is 18.2 Å². The Morgan fingerprint density at radius 2 is 2.13 bits per heavy atom. The number of hydrogen-bond acceptors (Lipinski definition) is 3. The molecule has 1 unspecified atom stereocenters. The van der Waals surface area contributed by atoms with Gasteiger partial charge < -0.3 is 15.4 Å². The normalized spacial score (nSPS) is 18.3. The average molecular weight is 353 g/mol. The number of nitrogens with two attached hydrogens (primary N) is 1. The Balaban J connectivity index is 0.00000264. The van der Waals surface area contributed by atoms with Crippen molar-refractivity contribution in [3.05, 3.63) is 29.8 Å².